The van der Waals surface area contributed by atoms with Gasteiger partial charge in [0.05, 0.1) is 11.0 Å². The van der Waals surface area contributed by atoms with Crippen LogP contribution in [0, 0.1) is 13.8 Å². The molecular formula is C21H21ClN4O. The first-order chi connectivity index (χ1) is 13.0. The fraction of sp³-hybridized carbons (Fsp3) is 0.286. The quantitative estimate of drug-likeness (QED) is 0.677. The van der Waals surface area contributed by atoms with E-state index in [1.54, 1.807) is 0 Å². The summed E-state index contributed by atoms with van der Waals surface area (Å²) >= 11 is 6.25. The first kappa shape index (κ1) is 17.7. The monoisotopic (exact) mass is 380 g/mol. The molecule has 3 aromatic rings. The van der Waals surface area contributed by atoms with Crippen molar-refractivity contribution < 1.29 is 4.79 Å². The number of hydrogen-bond donors (Lipinski definition) is 0. The Labute approximate surface area is 163 Å². The molecule has 2 aromatic carbocycles. The van der Waals surface area contributed by atoms with Gasteiger partial charge in [0, 0.05) is 31.9 Å². The van der Waals surface area contributed by atoms with Crippen LogP contribution in [0.15, 0.2) is 42.5 Å². The number of para-hydroxylation sites is 2. The van der Waals surface area contributed by atoms with Gasteiger partial charge in [-0.25, -0.2) is 9.97 Å². The lowest BCUT2D eigenvalue weighted by Gasteiger charge is -2.36. The third kappa shape index (κ3) is 3.47. The maximum Gasteiger partial charge on any atom is 0.275 e. The topological polar surface area (TPSA) is 49.3 Å². The maximum absolute atomic E-state index is 12.9. The van der Waals surface area contributed by atoms with Gasteiger partial charge in [-0.05, 0) is 43.2 Å². The van der Waals surface area contributed by atoms with Gasteiger partial charge in [-0.15, -0.1) is 0 Å². The van der Waals surface area contributed by atoms with Crippen molar-refractivity contribution in [3.05, 3.63) is 64.4 Å². The molecular weight excluding hydrogens is 360 g/mol. The Kier molecular flexibility index (Phi) is 4.70. The van der Waals surface area contributed by atoms with Crippen LogP contribution in [0.2, 0.25) is 5.15 Å². The molecule has 0 unspecified atom stereocenters. The largest absolute Gasteiger partial charge is 0.368 e. The first-order valence-corrected chi connectivity index (χ1v) is 9.44. The van der Waals surface area contributed by atoms with Gasteiger partial charge in [0.25, 0.3) is 5.91 Å². The molecule has 2 heterocycles. The lowest BCUT2D eigenvalue weighted by Crippen LogP contribution is -2.49. The number of rotatable bonds is 2. The summed E-state index contributed by atoms with van der Waals surface area (Å²) in [6, 6.07) is 13.9. The normalized spacial score (nSPS) is 14.6. The van der Waals surface area contributed by atoms with Gasteiger partial charge in [-0.2, -0.15) is 0 Å². The number of carbonyl (C=O) groups is 1. The summed E-state index contributed by atoms with van der Waals surface area (Å²) in [6.45, 7) is 7.07. The highest BCUT2D eigenvalue weighted by Gasteiger charge is 2.26. The van der Waals surface area contributed by atoms with Crippen LogP contribution in [-0.4, -0.2) is 47.0 Å². The molecule has 5 nitrogen and oxygen atoms in total. The molecule has 0 N–H and O–H groups in total. The van der Waals surface area contributed by atoms with Crippen LogP contribution in [0.25, 0.3) is 11.0 Å². The second kappa shape index (κ2) is 7.16. The van der Waals surface area contributed by atoms with E-state index in [-0.39, 0.29) is 16.8 Å². The smallest absolute Gasteiger partial charge is 0.275 e. The standard InChI is InChI=1S/C21H21ClN4O/c1-14-7-8-15(2)18(13-14)25-9-11-26(12-10-25)21(27)19-20(22)24-17-6-4-3-5-16(17)23-19/h3-8,13H,9-12H2,1-2H3. The van der Waals surface area contributed by atoms with Crippen molar-refractivity contribution in [2.45, 2.75) is 13.8 Å². The molecule has 4 rings (SSSR count). The van der Waals surface area contributed by atoms with Gasteiger partial charge in [-0.3, -0.25) is 4.79 Å². The SMILES string of the molecule is Cc1ccc(C)c(N2CCN(C(=O)c3nc4ccccc4nc3Cl)CC2)c1. The van der Waals surface area contributed by atoms with E-state index in [0.29, 0.717) is 24.1 Å². The van der Waals surface area contributed by atoms with Crippen LogP contribution in [0.5, 0.6) is 0 Å². The number of aromatic nitrogens is 2. The second-order valence-electron chi connectivity index (χ2n) is 6.92. The first-order valence-electron chi connectivity index (χ1n) is 9.07. The second-order valence-corrected chi connectivity index (χ2v) is 7.28. The van der Waals surface area contributed by atoms with E-state index in [9.17, 15) is 4.79 Å². The minimum absolute atomic E-state index is 0.154. The number of hydrogen-bond acceptors (Lipinski definition) is 4. The fourth-order valence-corrected chi connectivity index (χ4v) is 3.69. The number of halogens is 1. The van der Waals surface area contributed by atoms with E-state index >= 15 is 0 Å². The number of nitrogens with zero attached hydrogens (tertiary/aromatic N) is 4. The van der Waals surface area contributed by atoms with Crippen LogP contribution >= 0.6 is 11.6 Å². The maximum atomic E-state index is 12.9. The molecule has 0 bridgehead atoms. The molecule has 1 fully saturated rings. The third-order valence-electron chi connectivity index (χ3n) is 5.00. The number of benzene rings is 2. The Bertz CT molecular complexity index is 1010. The van der Waals surface area contributed by atoms with Crippen molar-refractivity contribution in [2.75, 3.05) is 31.1 Å². The summed E-state index contributed by atoms with van der Waals surface area (Å²) in [5.41, 5.74) is 5.34. The van der Waals surface area contributed by atoms with Crippen LogP contribution in [0.1, 0.15) is 21.6 Å². The Balaban J connectivity index is 1.52. The summed E-state index contributed by atoms with van der Waals surface area (Å²) < 4.78 is 0. The molecule has 27 heavy (non-hydrogen) atoms. The molecule has 1 saturated heterocycles. The van der Waals surface area contributed by atoms with Crippen LogP contribution in [0.3, 0.4) is 0 Å². The molecule has 1 aliphatic heterocycles. The van der Waals surface area contributed by atoms with Crippen molar-refractivity contribution in [3.8, 4) is 0 Å². The Morgan fingerprint density at radius 1 is 0.963 bits per heavy atom. The van der Waals surface area contributed by atoms with Gasteiger partial charge >= 0.3 is 0 Å². The lowest BCUT2D eigenvalue weighted by atomic mass is 10.1. The molecule has 1 aromatic heterocycles. The van der Waals surface area contributed by atoms with Crippen LogP contribution in [0.4, 0.5) is 5.69 Å². The molecule has 0 aliphatic carbocycles. The van der Waals surface area contributed by atoms with E-state index in [2.05, 4.69) is 46.9 Å². The molecule has 0 radical (unpaired) electrons. The van der Waals surface area contributed by atoms with E-state index in [0.717, 1.165) is 13.1 Å². The lowest BCUT2D eigenvalue weighted by molar-refractivity contribution is 0.0741. The molecule has 138 valence electrons. The van der Waals surface area contributed by atoms with E-state index in [1.807, 2.05) is 29.2 Å². The molecule has 1 aliphatic rings. The number of piperazine rings is 1. The number of fused-ring (bicyclic) bond motifs is 1. The van der Waals surface area contributed by atoms with Gasteiger partial charge in [0.1, 0.15) is 0 Å². The molecule has 0 saturated carbocycles. The molecule has 0 atom stereocenters. The predicted molar refractivity (Wildman–Crippen MR) is 109 cm³/mol. The highest BCUT2D eigenvalue weighted by Crippen LogP contribution is 2.24. The van der Waals surface area contributed by atoms with Gasteiger partial charge in [-0.1, -0.05) is 35.9 Å². The minimum Gasteiger partial charge on any atom is -0.368 e. The van der Waals surface area contributed by atoms with Gasteiger partial charge < -0.3 is 9.80 Å². The average Bonchev–Trinajstić information content (AvgIpc) is 2.69. The molecule has 6 heteroatoms. The minimum atomic E-state index is -0.154. The van der Waals surface area contributed by atoms with Crippen molar-refractivity contribution in [3.63, 3.8) is 0 Å². The summed E-state index contributed by atoms with van der Waals surface area (Å²) in [5.74, 6) is -0.154. The Hall–Kier alpha value is -2.66. The van der Waals surface area contributed by atoms with Crippen molar-refractivity contribution in [2.24, 2.45) is 0 Å². The van der Waals surface area contributed by atoms with Crippen LogP contribution < -0.4 is 4.90 Å². The average molecular weight is 381 g/mol. The van der Waals surface area contributed by atoms with E-state index < -0.39 is 0 Å². The van der Waals surface area contributed by atoms with E-state index in [4.69, 9.17) is 11.6 Å². The van der Waals surface area contributed by atoms with Crippen molar-refractivity contribution >= 4 is 34.2 Å². The Morgan fingerprint density at radius 3 is 2.33 bits per heavy atom. The highest BCUT2D eigenvalue weighted by molar-refractivity contribution is 6.32. The highest BCUT2D eigenvalue weighted by atomic mass is 35.5. The predicted octanol–water partition coefficient (Wildman–Crippen LogP) is 3.86. The zero-order valence-corrected chi connectivity index (χ0v) is 16.2. The third-order valence-corrected chi connectivity index (χ3v) is 5.27. The summed E-state index contributed by atoms with van der Waals surface area (Å²) in [4.78, 5) is 25.9. The number of amides is 1. The summed E-state index contributed by atoms with van der Waals surface area (Å²) in [7, 11) is 0. The number of aryl methyl sites for hydroxylation is 2. The summed E-state index contributed by atoms with van der Waals surface area (Å²) in [6.07, 6.45) is 0. The zero-order valence-electron chi connectivity index (χ0n) is 15.4. The number of anilines is 1. The molecule has 0 spiro atoms. The van der Waals surface area contributed by atoms with Crippen molar-refractivity contribution in [1.29, 1.82) is 0 Å². The van der Waals surface area contributed by atoms with Gasteiger partial charge in [0.15, 0.2) is 10.8 Å². The van der Waals surface area contributed by atoms with Crippen LogP contribution in [-0.2, 0) is 0 Å². The van der Waals surface area contributed by atoms with Gasteiger partial charge in [0.2, 0.25) is 0 Å². The van der Waals surface area contributed by atoms with E-state index in [1.165, 1.54) is 16.8 Å². The zero-order chi connectivity index (χ0) is 19.0. The fourth-order valence-electron chi connectivity index (χ4n) is 3.47. The van der Waals surface area contributed by atoms with Crippen molar-refractivity contribution in [1.82, 2.24) is 14.9 Å². The molecule has 1 amide bonds. The summed E-state index contributed by atoms with van der Waals surface area (Å²) in [5, 5.41) is 0.163. The Morgan fingerprint density at radius 2 is 1.63 bits per heavy atom. The number of carbonyl (C=O) groups excluding carboxylic acids is 1.